The molecule has 260 valence electrons. The van der Waals surface area contributed by atoms with E-state index in [1.54, 1.807) is 6.07 Å². The van der Waals surface area contributed by atoms with Crippen LogP contribution in [0, 0.1) is 11.8 Å². The van der Waals surface area contributed by atoms with Gasteiger partial charge in [0.05, 0.1) is 42.8 Å². The first-order valence-electron chi connectivity index (χ1n) is 16.1. The van der Waals surface area contributed by atoms with E-state index in [9.17, 15) is 18.3 Å². The Hall–Kier alpha value is -3.14. The zero-order valence-corrected chi connectivity index (χ0v) is 28.3. The molecule has 2 aromatic carbocycles. The molecule has 14 heteroatoms. The summed E-state index contributed by atoms with van der Waals surface area (Å²) in [6.45, 7) is 5.95. The first kappa shape index (κ1) is 35.2. The molecule has 0 spiro atoms. The minimum Gasteiger partial charge on any atom is -0.494 e. The number of aliphatic hydroxyl groups excluding tert-OH is 1. The average Bonchev–Trinajstić information content (AvgIpc) is 3.78. The summed E-state index contributed by atoms with van der Waals surface area (Å²) in [4.78, 5) is 15.3. The van der Waals surface area contributed by atoms with Crippen molar-refractivity contribution in [3.63, 3.8) is 0 Å². The number of benzene rings is 2. The third kappa shape index (κ3) is 9.27. The van der Waals surface area contributed by atoms with E-state index in [1.807, 2.05) is 52.2 Å². The molecule has 0 saturated carbocycles. The maximum atomic E-state index is 13.9. The zero-order valence-electron chi connectivity index (χ0n) is 27.5. The van der Waals surface area contributed by atoms with Gasteiger partial charge in [0.15, 0.2) is 17.8 Å². The minimum absolute atomic E-state index is 0.0155. The van der Waals surface area contributed by atoms with Crippen molar-refractivity contribution in [1.82, 2.24) is 14.5 Å². The highest BCUT2D eigenvalue weighted by Crippen LogP contribution is 2.35. The van der Waals surface area contributed by atoms with Gasteiger partial charge in [0, 0.05) is 25.7 Å². The number of carbonyl (C=O) groups is 1. The number of nitrogens with one attached hydrogen (secondary N) is 1. The van der Waals surface area contributed by atoms with Crippen molar-refractivity contribution >= 4 is 16.1 Å². The largest absolute Gasteiger partial charge is 0.494 e. The number of fused-ring (bicyclic) bond motifs is 2. The van der Waals surface area contributed by atoms with Crippen LogP contribution in [0.1, 0.15) is 32.3 Å². The summed E-state index contributed by atoms with van der Waals surface area (Å²) >= 11 is 0. The van der Waals surface area contributed by atoms with Gasteiger partial charge in [0.25, 0.3) is 0 Å². The first-order valence-corrected chi connectivity index (χ1v) is 17.6. The molecule has 3 heterocycles. The molecule has 2 saturated heterocycles. The Morgan fingerprint density at radius 3 is 2.57 bits per heavy atom. The molecule has 13 nitrogen and oxygen atoms in total. The van der Waals surface area contributed by atoms with Crippen LogP contribution in [0.5, 0.6) is 17.2 Å². The second-order valence-corrected chi connectivity index (χ2v) is 14.8. The summed E-state index contributed by atoms with van der Waals surface area (Å²) in [5, 5.41) is 14.4. The molecule has 0 bridgehead atoms. The summed E-state index contributed by atoms with van der Waals surface area (Å²) in [5.41, 5.74) is 0.817. The quantitative estimate of drug-likeness (QED) is 0.253. The molecule has 47 heavy (non-hydrogen) atoms. The van der Waals surface area contributed by atoms with Crippen molar-refractivity contribution in [2.75, 3.05) is 60.3 Å². The number of ether oxygens (including phenoxy) is 6. The van der Waals surface area contributed by atoms with Crippen molar-refractivity contribution in [2.45, 2.75) is 62.5 Å². The van der Waals surface area contributed by atoms with Gasteiger partial charge < -0.3 is 43.7 Å². The number of hydrogen-bond acceptors (Lipinski definition) is 11. The topological polar surface area (TPSA) is 145 Å². The fraction of sp³-hybridized carbons (Fsp3) is 0.606. The summed E-state index contributed by atoms with van der Waals surface area (Å²) in [6, 6.07) is 11.0. The molecule has 2 N–H and O–H groups in total. The van der Waals surface area contributed by atoms with Crippen molar-refractivity contribution in [2.24, 2.45) is 11.8 Å². The Kier molecular flexibility index (Phi) is 11.9. The van der Waals surface area contributed by atoms with E-state index in [4.69, 9.17) is 28.4 Å². The van der Waals surface area contributed by atoms with E-state index in [0.717, 1.165) is 24.9 Å². The molecule has 2 aromatic rings. The van der Waals surface area contributed by atoms with Crippen LogP contribution in [0.2, 0.25) is 0 Å². The van der Waals surface area contributed by atoms with E-state index in [-0.39, 0.29) is 55.9 Å². The predicted octanol–water partition coefficient (Wildman–Crippen LogP) is 2.85. The van der Waals surface area contributed by atoms with Crippen LogP contribution < -0.4 is 19.5 Å². The Labute approximate surface area is 277 Å². The third-order valence-electron chi connectivity index (χ3n) is 8.35. The number of aliphatic hydroxyl groups is 1. The van der Waals surface area contributed by atoms with Crippen LogP contribution in [-0.4, -0.2) is 114 Å². The standard InChI is InChI=1S/C33H47N3O10S/c1-22(2)18-36(47(39,40)25-10-11-29-30(17-25)45-21-44-29)19-28(37)27(34-33(38)46-31-20-43-32-26(31)12-15-42-32)16-23-6-8-24(9-7-23)41-14-5-13-35(3)4/h6-11,17,22,26-28,31-32,37H,5,12-16,18-21H2,1-4H3,(H,34,38)/t26-,27-,28+,31+,32+/m0/s1. The van der Waals surface area contributed by atoms with Gasteiger partial charge in [-0.05, 0) is 69.1 Å². The molecular formula is C33H47N3O10S. The number of alkyl carbamates (subject to hydrolysis) is 1. The number of amides is 1. The van der Waals surface area contributed by atoms with E-state index in [2.05, 4.69) is 10.2 Å². The third-order valence-corrected chi connectivity index (χ3v) is 10.2. The second kappa shape index (κ2) is 15.8. The lowest BCUT2D eigenvalue weighted by atomic mass is 10.0. The van der Waals surface area contributed by atoms with Gasteiger partial charge in [-0.25, -0.2) is 13.2 Å². The molecule has 2 fully saturated rings. The summed E-state index contributed by atoms with van der Waals surface area (Å²) in [5.74, 6) is 1.42. The number of sulfonamides is 1. The van der Waals surface area contributed by atoms with E-state index >= 15 is 0 Å². The lowest BCUT2D eigenvalue weighted by Crippen LogP contribution is -2.51. The maximum Gasteiger partial charge on any atom is 0.407 e. The lowest BCUT2D eigenvalue weighted by molar-refractivity contribution is -0.0907. The van der Waals surface area contributed by atoms with Crippen molar-refractivity contribution in [1.29, 1.82) is 0 Å². The Morgan fingerprint density at radius 1 is 1.06 bits per heavy atom. The fourth-order valence-corrected chi connectivity index (χ4v) is 7.54. The maximum absolute atomic E-state index is 13.9. The van der Waals surface area contributed by atoms with Crippen LogP contribution in [0.15, 0.2) is 47.4 Å². The Morgan fingerprint density at radius 2 is 1.83 bits per heavy atom. The highest BCUT2D eigenvalue weighted by molar-refractivity contribution is 7.89. The molecule has 5 atom stereocenters. The van der Waals surface area contributed by atoms with Crippen molar-refractivity contribution < 1.29 is 46.7 Å². The molecule has 0 radical (unpaired) electrons. The van der Waals surface area contributed by atoms with Crippen LogP contribution in [0.3, 0.4) is 0 Å². The number of rotatable bonds is 16. The summed E-state index contributed by atoms with van der Waals surface area (Å²) in [7, 11) is -0.0273. The van der Waals surface area contributed by atoms with Gasteiger partial charge in [-0.3, -0.25) is 0 Å². The van der Waals surface area contributed by atoms with E-state index < -0.39 is 34.4 Å². The highest BCUT2D eigenvalue weighted by atomic mass is 32.2. The number of carbonyl (C=O) groups excluding carboxylic acids is 1. The zero-order chi connectivity index (χ0) is 33.6. The normalized spacial score (nSPS) is 21.7. The van der Waals surface area contributed by atoms with Gasteiger partial charge in [-0.15, -0.1) is 0 Å². The number of nitrogens with zero attached hydrogens (tertiary/aromatic N) is 2. The molecule has 5 rings (SSSR count). The van der Waals surface area contributed by atoms with Gasteiger partial charge >= 0.3 is 6.09 Å². The van der Waals surface area contributed by atoms with Crippen LogP contribution >= 0.6 is 0 Å². The van der Waals surface area contributed by atoms with E-state index in [1.165, 1.54) is 16.4 Å². The van der Waals surface area contributed by atoms with Gasteiger partial charge in [-0.1, -0.05) is 26.0 Å². The Balaban J connectivity index is 1.31. The van der Waals surface area contributed by atoms with E-state index in [0.29, 0.717) is 30.5 Å². The highest BCUT2D eigenvalue weighted by Gasteiger charge is 2.44. The average molecular weight is 678 g/mol. The monoisotopic (exact) mass is 677 g/mol. The number of hydrogen-bond donors (Lipinski definition) is 2. The smallest absolute Gasteiger partial charge is 0.407 e. The molecule has 3 aliphatic heterocycles. The van der Waals surface area contributed by atoms with Gasteiger partial charge in [0.2, 0.25) is 16.8 Å². The van der Waals surface area contributed by atoms with Gasteiger partial charge in [0.1, 0.15) is 11.9 Å². The summed E-state index contributed by atoms with van der Waals surface area (Å²) < 4.78 is 62.5. The van der Waals surface area contributed by atoms with Crippen molar-refractivity contribution in [3.05, 3.63) is 48.0 Å². The fourth-order valence-electron chi connectivity index (χ4n) is 5.90. The molecule has 1 amide bonds. The van der Waals surface area contributed by atoms with Crippen LogP contribution in [-0.2, 0) is 30.7 Å². The van der Waals surface area contributed by atoms with Crippen molar-refractivity contribution in [3.8, 4) is 17.2 Å². The SMILES string of the molecule is CC(C)CN(C[C@@H](O)[C@H](Cc1ccc(OCCCN(C)C)cc1)NC(=O)O[C@@H]1CO[C@H]2OCC[C@H]21)S(=O)(=O)c1ccc2c(c1)OCO2. The van der Waals surface area contributed by atoms with Crippen LogP contribution in [0.25, 0.3) is 0 Å². The van der Waals surface area contributed by atoms with Gasteiger partial charge in [-0.2, -0.15) is 4.31 Å². The predicted molar refractivity (Wildman–Crippen MR) is 172 cm³/mol. The van der Waals surface area contributed by atoms with Crippen LogP contribution in [0.4, 0.5) is 4.79 Å². The Bertz CT molecular complexity index is 1440. The molecule has 0 aromatic heterocycles. The lowest BCUT2D eigenvalue weighted by Gasteiger charge is -2.31. The first-order chi connectivity index (χ1) is 22.5. The minimum atomic E-state index is -4.05. The molecule has 3 aliphatic rings. The second-order valence-electron chi connectivity index (χ2n) is 12.9. The molecule has 0 unspecified atom stereocenters. The molecular weight excluding hydrogens is 630 g/mol. The summed E-state index contributed by atoms with van der Waals surface area (Å²) in [6.07, 6.45) is -1.04. The molecule has 0 aliphatic carbocycles.